The third kappa shape index (κ3) is 4.07. The first-order valence-electron chi connectivity index (χ1n) is 6.08. The topological polar surface area (TPSA) is 75.4 Å². The molecule has 0 spiro atoms. The van der Waals surface area contributed by atoms with Gasteiger partial charge in [-0.2, -0.15) is 0 Å². The van der Waals surface area contributed by atoms with Crippen molar-refractivity contribution in [1.29, 1.82) is 0 Å². The van der Waals surface area contributed by atoms with Gasteiger partial charge in [0.15, 0.2) is 0 Å². The van der Waals surface area contributed by atoms with E-state index >= 15 is 0 Å². The highest BCUT2D eigenvalue weighted by molar-refractivity contribution is 6.35. The van der Waals surface area contributed by atoms with Crippen LogP contribution in [0.5, 0.6) is 0 Å². The molecule has 5 nitrogen and oxygen atoms in total. The van der Waals surface area contributed by atoms with Gasteiger partial charge in [-0.25, -0.2) is 0 Å². The van der Waals surface area contributed by atoms with Gasteiger partial charge in [-0.1, -0.05) is 23.2 Å². The molecule has 0 saturated heterocycles. The number of hydrogen-bond acceptors (Lipinski definition) is 4. The van der Waals surface area contributed by atoms with Crippen molar-refractivity contribution in [3.63, 3.8) is 0 Å². The summed E-state index contributed by atoms with van der Waals surface area (Å²) in [7, 11) is 0. The monoisotopic (exact) mass is 326 g/mol. The van der Waals surface area contributed by atoms with Gasteiger partial charge in [0.1, 0.15) is 0 Å². The first-order chi connectivity index (χ1) is 9.97. The molecule has 0 aliphatic heterocycles. The third-order valence-corrected chi connectivity index (χ3v) is 3.47. The van der Waals surface area contributed by atoms with Crippen LogP contribution in [0.25, 0.3) is 0 Å². The van der Waals surface area contributed by atoms with Crippen LogP contribution in [0, 0.1) is 10.1 Å². The van der Waals surface area contributed by atoms with Gasteiger partial charge in [0.25, 0.3) is 5.69 Å². The molecule has 2 rings (SSSR count). The average molecular weight is 327 g/mol. The molecule has 0 aliphatic rings. The van der Waals surface area contributed by atoms with Crippen LogP contribution in [0.3, 0.4) is 0 Å². The molecule has 0 heterocycles. The number of benzene rings is 2. The molecule has 0 amide bonds. The Kier molecular flexibility index (Phi) is 5.01. The molecule has 0 radical (unpaired) electrons. The lowest BCUT2D eigenvalue weighted by atomic mass is 10.1. The molecular weight excluding hydrogens is 315 g/mol. The van der Waals surface area contributed by atoms with Gasteiger partial charge < -0.3 is 10.4 Å². The van der Waals surface area contributed by atoms with E-state index in [9.17, 15) is 15.2 Å². The maximum Gasteiger partial charge on any atom is 0.269 e. The molecule has 0 saturated carbocycles. The molecule has 7 heteroatoms. The number of aliphatic hydroxyl groups is 1. The van der Waals surface area contributed by atoms with Crippen molar-refractivity contribution in [2.75, 3.05) is 11.9 Å². The standard InChI is InChI=1S/C14H12Cl2N2O3/c15-10-3-6-12(16)13(7-10)17-8-14(19)9-1-4-11(5-2-9)18(20)21/h1-7,14,17,19H,8H2. The molecule has 2 N–H and O–H groups in total. The summed E-state index contributed by atoms with van der Waals surface area (Å²) in [4.78, 5) is 10.1. The Labute approximate surface area is 131 Å². The smallest absolute Gasteiger partial charge is 0.269 e. The number of aliphatic hydroxyl groups excluding tert-OH is 1. The first kappa shape index (κ1) is 15.6. The van der Waals surface area contributed by atoms with Gasteiger partial charge >= 0.3 is 0 Å². The number of halogens is 2. The van der Waals surface area contributed by atoms with E-state index in [-0.39, 0.29) is 12.2 Å². The Morgan fingerprint density at radius 2 is 1.86 bits per heavy atom. The van der Waals surface area contributed by atoms with Crippen LogP contribution in [-0.2, 0) is 0 Å². The molecule has 1 atom stereocenters. The zero-order chi connectivity index (χ0) is 15.4. The Hall–Kier alpha value is -1.82. The van der Waals surface area contributed by atoms with Crippen molar-refractivity contribution < 1.29 is 10.0 Å². The number of nitro benzene ring substituents is 1. The molecular formula is C14H12Cl2N2O3. The Morgan fingerprint density at radius 1 is 1.19 bits per heavy atom. The fourth-order valence-corrected chi connectivity index (χ4v) is 2.13. The van der Waals surface area contributed by atoms with Crippen LogP contribution in [0.4, 0.5) is 11.4 Å². The number of hydrogen-bond donors (Lipinski definition) is 2. The van der Waals surface area contributed by atoms with Gasteiger partial charge in [-0.05, 0) is 35.9 Å². The van der Waals surface area contributed by atoms with E-state index in [1.54, 1.807) is 18.2 Å². The van der Waals surface area contributed by atoms with Gasteiger partial charge in [-0.3, -0.25) is 10.1 Å². The van der Waals surface area contributed by atoms with Gasteiger partial charge in [0.2, 0.25) is 0 Å². The molecule has 0 aliphatic carbocycles. The number of nitrogens with zero attached hydrogens (tertiary/aromatic N) is 1. The average Bonchev–Trinajstić information content (AvgIpc) is 2.48. The number of nitro groups is 1. The minimum Gasteiger partial charge on any atom is -0.387 e. The molecule has 0 bridgehead atoms. The number of rotatable bonds is 5. The van der Waals surface area contributed by atoms with E-state index in [0.29, 0.717) is 21.3 Å². The van der Waals surface area contributed by atoms with Crippen molar-refractivity contribution >= 4 is 34.6 Å². The molecule has 21 heavy (non-hydrogen) atoms. The predicted molar refractivity (Wildman–Crippen MR) is 83.0 cm³/mol. The molecule has 0 aromatic heterocycles. The van der Waals surface area contributed by atoms with Crippen molar-refractivity contribution in [1.82, 2.24) is 0 Å². The summed E-state index contributed by atoms with van der Waals surface area (Å²) in [6, 6.07) is 10.7. The molecule has 1 unspecified atom stereocenters. The van der Waals surface area contributed by atoms with Crippen LogP contribution >= 0.6 is 23.2 Å². The SMILES string of the molecule is O=[N+]([O-])c1ccc(C(O)CNc2cc(Cl)ccc2Cl)cc1. The van der Waals surface area contributed by atoms with E-state index in [1.807, 2.05) is 0 Å². The van der Waals surface area contributed by atoms with Gasteiger partial charge in [-0.15, -0.1) is 0 Å². The highest BCUT2D eigenvalue weighted by atomic mass is 35.5. The Balaban J connectivity index is 2.02. The number of nitrogens with one attached hydrogen (secondary N) is 1. The highest BCUT2D eigenvalue weighted by Crippen LogP contribution is 2.26. The highest BCUT2D eigenvalue weighted by Gasteiger charge is 2.11. The van der Waals surface area contributed by atoms with Crippen LogP contribution in [0.1, 0.15) is 11.7 Å². The molecule has 2 aromatic rings. The van der Waals surface area contributed by atoms with Crippen molar-refractivity contribution in [3.8, 4) is 0 Å². The van der Waals surface area contributed by atoms with Crippen LogP contribution in [0.15, 0.2) is 42.5 Å². The fraction of sp³-hybridized carbons (Fsp3) is 0.143. The fourth-order valence-electron chi connectivity index (χ4n) is 1.78. The lowest BCUT2D eigenvalue weighted by molar-refractivity contribution is -0.384. The Bertz CT molecular complexity index is 647. The third-order valence-electron chi connectivity index (χ3n) is 2.90. The van der Waals surface area contributed by atoms with Crippen molar-refractivity contribution in [2.24, 2.45) is 0 Å². The summed E-state index contributed by atoms with van der Waals surface area (Å²) in [5.74, 6) is 0. The van der Waals surface area contributed by atoms with E-state index in [4.69, 9.17) is 23.2 Å². The van der Waals surface area contributed by atoms with E-state index in [1.165, 1.54) is 24.3 Å². The predicted octanol–water partition coefficient (Wildman–Crippen LogP) is 4.05. The summed E-state index contributed by atoms with van der Waals surface area (Å²) in [5, 5.41) is 24.6. The van der Waals surface area contributed by atoms with Crippen LogP contribution in [-0.4, -0.2) is 16.6 Å². The minimum atomic E-state index is -0.819. The van der Waals surface area contributed by atoms with Gasteiger partial charge in [0.05, 0.1) is 21.7 Å². The van der Waals surface area contributed by atoms with E-state index < -0.39 is 11.0 Å². The molecule has 110 valence electrons. The second kappa shape index (κ2) is 6.76. The summed E-state index contributed by atoms with van der Waals surface area (Å²) in [6.07, 6.45) is -0.819. The van der Waals surface area contributed by atoms with E-state index in [0.717, 1.165) is 0 Å². The zero-order valence-corrected chi connectivity index (χ0v) is 12.3. The number of non-ortho nitro benzene ring substituents is 1. The largest absolute Gasteiger partial charge is 0.387 e. The van der Waals surface area contributed by atoms with Crippen molar-refractivity contribution in [2.45, 2.75) is 6.10 Å². The maximum absolute atomic E-state index is 10.6. The summed E-state index contributed by atoms with van der Waals surface area (Å²) in [5.41, 5.74) is 1.17. The van der Waals surface area contributed by atoms with Crippen molar-refractivity contribution in [3.05, 3.63) is 68.2 Å². The van der Waals surface area contributed by atoms with Crippen LogP contribution in [0.2, 0.25) is 10.0 Å². The second-order valence-electron chi connectivity index (χ2n) is 4.37. The van der Waals surface area contributed by atoms with Gasteiger partial charge in [0, 0.05) is 23.7 Å². The van der Waals surface area contributed by atoms with Crippen LogP contribution < -0.4 is 5.32 Å². The normalized spacial score (nSPS) is 12.0. The quantitative estimate of drug-likeness (QED) is 0.642. The Morgan fingerprint density at radius 3 is 2.48 bits per heavy atom. The maximum atomic E-state index is 10.6. The minimum absolute atomic E-state index is 0.0169. The summed E-state index contributed by atoms with van der Waals surface area (Å²) >= 11 is 11.9. The summed E-state index contributed by atoms with van der Waals surface area (Å²) < 4.78 is 0. The first-order valence-corrected chi connectivity index (χ1v) is 6.84. The lowest BCUT2D eigenvalue weighted by Gasteiger charge is -2.14. The molecule has 2 aromatic carbocycles. The zero-order valence-electron chi connectivity index (χ0n) is 10.8. The number of anilines is 1. The van der Waals surface area contributed by atoms with E-state index in [2.05, 4.69) is 5.32 Å². The lowest BCUT2D eigenvalue weighted by Crippen LogP contribution is -2.12. The second-order valence-corrected chi connectivity index (χ2v) is 5.21. The summed E-state index contributed by atoms with van der Waals surface area (Å²) in [6.45, 7) is 0.206. The molecule has 0 fully saturated rings.